The first kappa shape index (κ1) is 20.2. The molecule has 5 N–H and O–H groups in total. The molecule has 1 rings (SSSR count). The van der Waals surface area contributed by atoms with Crippen molar-refractivity contribution in [2.45, 2.75) is 39.3 Å². The van der Waals surface area contributed by atoms with Gasteiger partial charge in [0.25, 0.3) is 11.8 Å². The lowest BCUT2D eigenvalue weighted by Gasteiger charge is -2.23. The maximum absolute atomic E-state index is 12.8. The lowest BCUT2D eigenvalue weighted by molar-refractivity contribution is -0.133. The molecule has 0 unspecified atom stereocenters. The van der Waals surface area contributed by atoms with Gasteiger partial charge in [-0.1, -0.05) is 20.3 Å². The zero-order chi connectivity index (χ0) is 19.0. The molecule has 0 aliphatic carbocycles. The van der Waals surface area contributed by atoms with Crippen molar-refractivity contribution in [2.75, 3.05) is 0 Å². The van der Waals surface area contributed by atoms with Crippen LogP contribution in [0.3, 0.4) is 0 Å². The molecule has 1 aromatic rings. The van der Waals surface area contributed by atoms with Gasteiger partial charge < -0.3 is 15.8 Å². The molecule has 8 nitrogen and oxygen atoms in total. The fourth-order valence-electron chi connectivity index (χ4n) is 1.93. The topological polar surface area (TPSA) is 123 Å². The number of benzene rings is 1. The fraction of sp³-hybridized carbons (Fsp3) is 0.438. The third kappa shape index (κ3) is 6.66. The number of rotatable bonds is 7. The van der Waals surface area contributed by atoms with E-state index in [1.54, 1.807) is 6.92 Å². The van der Waals surface area contributed by atoms with Gasteiger partial charge in [-0.25, -0.2) is 9.18 Å². The first-order valence-corrected chi connectivity index (χ1v) is 7.82. The molecule has 0 radical (unpaired) electrons. The van der Waals surface area contributed by atoms with Crippen LogP contribution in [0.5, 0.6) is 5.75 Å². The summed E-state index contributed by atoms with van der Waals surface area (Å²) < 4.78 is 18.2. The van der Waals surface area contributed by atoms with Crippen molar-refractivity contribution in [3.8, 4) is 5.75 Å². The van der Waals surface area contributed by atoms with E-state index in [4.69, 9.17) is 10.5 Å². The Morgan fingerprint density at radius 1 is 1.12 bits per heavy atom. The second-order valence-electron chi connectivity index (χ2n) is 5.56. The lowest BCUT2D eigenvalue weighted by atomic mass is 9.99. The Morgan fingerprint density at radius 3 is 2.20 bits per heavy atom. The van der Waals surface area contributed by atoms with Crippen LogP contribution >= 0.6 is 0 Å². The van der Waals surface area contributed by atoms with Crippen molar-refractivity contribution in [1.82, 2.24) is 16.2 Å². The summed E-state index contributed by atoms with van der Waals surface area (Å²) in [6.07, 6.45) is -0.312. The number of hydrogen-bond donors (Lipinski definition) is 4. The highest BCUT2D eigenvalue weighted by Crippen LogP contribution is 2.13. The monoisotopic (exact) mass is 354 g/mol. The minimum Gasteiger partial charge on any atom is -0.481 e. The van der Waals surface area contributed by atoms with Gasteiger partial charge in [0, 0.05) is 0 Å². The summed E-state index contributed by atoms with van der Waals surface area (Å²) in [6, 6.07) is 3.46. The standard InChI is InChI=1S/C16H23FN4O4/c1-4-9(2)13(19-16(18)24)15(23)21-20-14(22)10(3)25-12-7-5-11(17)6-8-12/h5-10,13H,4H2,1-3H3,(H,20,22)(H,21,23)(H3,18,19,24)/t9-,10+,13-/m0/s1. The summed E-state index contributed by atoms with van der Waals surface area (Å²) in [4.78, 5) is 35.1. The molecule has 0 saturated carbocycles. The third-order valence-electron chi connectivity index (χ3n) is 3.60. The van der Waals surface area contributed by atoms with Crippen LogP contribution in [0, 0.1) is 11.7 Å². The van der Waals surface area contributed by atoms with Crippen LogP contribution in [-0.4, -0.2) is 30.0 Å². The molecule has 4 amide bonds. The Morgan fingerprint density at radius 2 is 1.68 bits per heavy atom. The second-order valence-corrected chi connectivity index (χ2v) is 5.56. The molecule has 0 bridgehead atoms. The summed E-state index contributed by atoms with van der Waals surface area (Å²) >= 11 is 0. The Hall–Kier alpha value is -2.84. The fourth-order valence-corrected chi connectivity index (χ4v) is 1.93. The summed E-state index contributed by atoms with van der Waals surface area (Å²) in [6.45, 7) is 5.09. The van der Waals surface area contributed by atoms with E-state index in [9.17, 15) is 18.8 Å². The van der Waals surface area contributed by atoms with Gasteiger partial charge in [0.15, 0.2) is 6.10 Å². The minimum absolute atomic E-state index is 0.183. The van der Waals surface area contributed by atoms with Crippen molar-refractivity contribution in [3.05, 3.63) is 30.1 Å². The van der Waals surface area contributed by atoms with Gasteiger partial charge in [0.1, 0.15) is 17.6 Å². The van der Waals surface area contributed by atoms with E-state index in [2.05, 4.69) is 16.2 Å². The Kier molecular flexibility index (Phi) is 7.64. The Labute approximate surface area is 145 Å². The van der Waals surface area contributed by atoms with Gasteiger partial charge in [-0.3, -0.25) is 20.4 Å². The first-order valence-electron chi connectivity index (χ1n) is 7.82. The number of primary amides is 1. The zero-order valence-electron chi connectivity index (χ0n) is 14.3. The molecule has 0 aliphatic heterocycles. The van der Waals surface area contributed by atoms with E-state index in [0.717, 1.165) is 0 Å². The number of nitrogens with one attached hydrogen (secondary N) is 3. The predicted molar refractivity (Wildman–Crippen MR) is 88.7 cm³/mol. The summed E-state index contributed by atoms with van der Waals surface area (Å²) in [5.74, 6) is -1.51. The van der Waals surface area contributed by atoms with E-state index in [0.29, 0.717) is 12.2 Å². The van der Waals surface area contributed by atoms with Crippen molar-refractivity contribution >= 4 is 17.8 Å². The van der Waals surface area contributed by atoms with Crippen LogP contribution in [0.15, 0.2) is 24.3 Å². The number of hydrazine groups is 1. The molecular weight excluding hydrogens is 331 g/mol. The number of hydrogen-bond acceptors (Lipinski definition) is 4. The number of amides is 4. The summed E-state index contributed by atoms with van der Waals surface area (Å²) in [5.41, 5.74) is 9.51. The van der Waals surface area contributed by atoms with Crippen LogP contribution in [0.4, 0.5) is 9.18 Å². The molecule has 25 heavy (non-hydrogen) atoms. The van der Waals surface area contributed by atoms with Crippen molar-refractivity contribution in [1.29, 1.82) is 0 Å². The van der Waals surface area contributed by atoms with E-state index in [-0.39, 0.29) is 5.92 Å². The smallest absolute Gasteiger partial charge is 0.312 e. The lowest BCUT2D eigenvalue weighted by Crippen LogP contribution is -2.57. The zero-order valence-corrected chi connectivity index (χ0v) is 14.3. The van der Waals surface area contributed by atoms with Gasteiger partial charge >= 0.3 is 6.03 Å². The van der Waals surface area contributed by atoms with Crippen LogP contribution < -0.4 is 26.6 Å². The van der Waals surface area contributed by atoms with Crippen LogP contribution in [0.1, 0.15) is 27.2 Å². The Balaban J connectivity index is 2.56. The number of carbonyl (C=O) groups excluding carboxylic acids is 3. The molecule has 3 atom stereocenters. The number of carbonyl (C=O) groups is 3. The molecule has 0 spiro atoms. The quantitative estimate of drug-likeness (QED) is 0.542. The number of ether oxygens (including phenoxy) is 1. The van der Waals surface area contributed by atoms with E-state index < -0.39 is 35.8 Å². The predicted octanol–water partition coefficient (Wildman–Crippen LogP) is 0.823. The highest BCUT2D eigenvalue weighted by atomic mass is 19.1. The van der Waals surface area contributed by atoms with Gasteiger partial charge in [-0.05, 0) is 37.1 Å². The van der Waals surface area contributed by atoms with E-state index >= 15 is 0 Å². The number of halogens is 1. The molecule has 0 fully saturated rings. The molecule has 9 heteroatoms. The van der Waals surface area contributed by atoms with E-state index in [1.165, 1.54) is 31.2 Å². The minimum atomic E-state index is -0.933. The van der Waals surface area contributed by atoms with Gasteiger partial charge in [0.05, 0.1) is 0 Å². The average molecular weight is 354 g/mol. The number of nitrogens with two attached hydrogens (primary N) is 1. The van der Waals surface area contributed by atoms with E-state index in [1.807, 2.05) is 6.92 Å². The summed E-state index contributed by atoms with van der Waals surface area (Å²) in [5, 5.41) is 2.34. The molecule has 0 aromatic heterocycles. The molecular formula is C16H23FN4O4. The van der Waals surface area contributed by atoms with Gasteiger partial charge in [0.2, 0.25) is 0 Å². The third-order valence-corrected chi connectivity index (χ3v) is 3.60. The largest absolute Gasteiger partial charge is 0.481 e. The summed E-state index contributed by atoms with van der Waals surface area (Å²) in [7, 11) is 0. The highest BCUT2D eigenvalue weighted by Gasteiger charge is 2.26. The number of urea groups is 1. The Bertz CT molecular complexity index is 609. The van der Waals surface area contributed by atoms with Gasteiger partial charge in [-0.2, -0.15) is 0 Å². The molecule has 0 heterocycles. The normalized spacial score (nSPS) is 13.9. The van der Waals surface area contributed by atoms with Crippen LogP contribution in [-0.2, 0) is 9.59 Å². The SMILES string of the molecule is CC[C@H](C)[C@H](NC(N)=O)C(=O)NNC(=O)[C@@H](C)Oc1ccc(F)cc1. The van der Waals surface area contributed by atoms with Gasteiger partial charge in [-0.15, -0.1) is 0 Å². The highest BCUT2D eigenvalue weighted by molar-refractivity contribution is 5.89. The van der Waals surface area contributed by atoms with Crippen LogP contribution in [0.25, 0.3) is 0 Å². The molecule has 1 aromatic carbocycles. The molecule has 138 valence electrons. The molecule has 0 saturated heterocycles. The maximum atomic E-state index is 12.8. The maximum Gasteiger partial charge on any atom is 0.312 e. The molecule has 0 aliphatic rings. The first-order chi connectivity index (χ1) is 11.7. The van der Waals surface area contributed by atoms with Crippen molar-refractivity contribution in [2.24, 2.45) is 11.7 Å². The van der Waals surface area contributed by atoms with Crippen molar-refractivity contribution < 1.29 is 23.5 Å². The second kappa shape index (κ2) is 9.45. The van der Waals surface area contributed by atoms with Crippen LogP contribution in [0.2, 0.25) is 0 Å². The average Bonchev–Trinajstić information content (AvgIpc) is 2.58. The van der Waals surface area contributed by atoms with Crippen molar-refractivity contribution in [3.63, 3.8) is 0 Å².